The van der Waals surface area contributed by atoms with Gasteiger partial charge in [0.25, 0.3) is 0 Å². The zero-order chi connectivity index (χ0) is 13.3. The highest BCUT2D eigenvalue weighted by molar-refractivity contribution is 5.70. The highest BCUT2D eigenvalue weighted by Gasteiger charge is 2.29. The third-order valence-corrected chi connectivity index (χ3v) is 3.88. The second-order valence-corrected chi connectivity index (χ2v) is 5.22. The predicted molar refractivity (Wildman–Crippen MR) is 68.5 cm³/mol. The van der Waals surface area contributed by atoms with Crippen LogP contribution < -0.4 is 0 Å². The molecule has 0 aliphatic carbocycles. The van der Waals surface area contributed by atoms with Crippen molar-refractivity contribution in [2.75, 3.05) is 13.1 Å². The van der Waals surface area contributed by atoms with Crippen molar-refractivity contribution >= 4 is 5.97 Å². The molecule has 0 spiro atoms. The van der Waals surface area contributed by atoms with Crippen LogP contribution in [0.2, 0.25) is 0 Å². The molecule has 0 saturated carbocycles. The smallest absolute Gasteiger partial charge is 0.307 e. The topological polar surface area (TPSA) is 53.7 Å². The third-order valence-electron chi connectivity index (χ3n) is 3.88. The van der Waals surface area contributed by atoms with Crippen LogP contribution in [0.1, 0.15) is 42.9 Å². The van der Waals surface area contributed by atoms with Crippen LogP contribution in [-0.2, 0) is 4.79 Å². The van der Waals surface area contributed by atoms with Gasteiger partial charge in [-0.2, -0.15) is 0 Å². The fourth-order valence-corrected chi connectivity index (χ4v) is 2.82. The molecule has 2 unspecified atom stereocenters. The van der Waals surface area contributed by atoms with Crippen LogP contribution >= 0.6 is 0 Å². The first-order valence-corrected chi connectivity index (χ1v) is 6.53. The second-order valence-electron chi connectivity index (χ2n) is 5.22. The number of hydrogen-bond acceptors (Lipinski definition) is 3. The van der Waals surface area contributed by atoms with Gasteiger partial charge < -0.3 is 9.52 Å². The van der Waals surface area contributed by atoms with E-state index in [9.17, 15) is 4.79 Å². The Bertz CT molecular complexity index is 438. The average molecular weight is 251 g/mol. The van der Waals surface area contributed by atoms with Crippen LogP contribution in [0.25, 0.3) is 0 Å². The number of aliphatic carboxylic acids is 1. The molecule has 1 aromatic rings. The average Bonchev–Trinajstić information content (AvgIpc) is 2.67. The van der Waals surface area contributed by atoms with Crippen LogP contribution in [0.3, 0.4) is 0 Å². The Kier molecular flexibility index (Phi) is 3.76. The number of rotatable bonds is 3. The molecule has 0 bridgehead atoms. The number of carbonyl (C=O) groups is 1. The summed E-state index contributed by atoms with van der Waals surface area (Å²) >= 11 is 0. The lowest BCUT2D eigenvalue weighted by atomic mass is 9.95. The molecule has 1 aliphatic rings. The summed E-state index contributed by atoms with van der Waals surface area (Å²) < 4.78 is 5.56. The maximum Gasteiger partial charge on any atom is 0.307 e. The Hall–Kier alpha value is -1.29. The Balaban J connectivity index is 2.11. The molecular weight excluding hydrogens is 230 g/mol. The van der Waals surface area contributed by atoms with Gasteiger partial charge in [-0.3, -0.25) is 9.69 Å². The van der Waals surface area contributed by atoms with Crippen molar-refractivity contribution in [3.63, 3.8) is 0 Å². The van der Waals surface area contributed by atoms with E-state index < -0.39 is 5.97 Å². The molecule has 0 aromatic carbocycles. The standard InChI is InChI=1S/C14H21NO3/c1-9-7-13(11(3)18-9)10(2)15-6-4-5-12(8-15)14(16)17/h7,10,12H,4-6,8H2,1-3H3,(H,16,17). The summed E-state index contributed by atoms with van der Waals surface area (Å²) in [6.45, 7) is 7.65. The lowest BCUT2D eigenvalue weighted by Gasteiger charge is -2.35. The summed E-state index contributed by atoms with van der Waals surface area (Å²) in [5.41, 5.74) is 1.18. The van der Waals surface area contributed by atoms with Gasteiger partial charge in [-0.1, -0.05) is 0 Å². The number of aryl methyl sites for hydroxylation is 2. The van der Waals surface area contributed by atoms with E-state index in [1.807, 2.05) is 13.8 Å². The number of piperidine rings is 1. The van der Waals surface area contributed by atoms with Gasteiger partial charge in [-0.15, -0.1) is 0 Å². The fraction of sp³-hybridized carbons (Fsp3) is 0.643. The SMILES string of the molecule is Cc1cc(C(C)N2CCCC(C(=O)O)C2)c(C)o1. The monoisotopic (exact) mass is 251 g/mol. The zero-order valence-electron chi connectivity index (χ0n) is 11.3. The molecule has 1 fully saturated rings. The molecule has 1 aliphatic heterocycles. The van der Waals surface area contributed by atoms with Crippen molar-refractivity contribution in [2.24, 2.45) is 5.92 Å². The maximum atomic E-state index is 11.1. The van der Waals surface area contributed by atoms with E-state index in [2.05, 4.69) is 17.9 Å². The number of furan rings is 1. The molecule has 18 heavy (non-hydrogen) atoms. The van der Waals surface area contributed by atoms with Gasteiger partial charge >= 0.3 is 5.97 Å². The van der Waals surface area contributed by atoms with Crippen LogP contribution in [0.4, 0.5) is 0 Å². The van der Waals surface area contributed by atoms with Crippen molar-refractivity contribution in [1.82, 2.24) is 4.90 Å². The fourth-order valence-electron chi connectivity index (χ4n) is 2.82. The van der Waals surface area contributed by atoms with Crippen molar-refractivity contribution in [1.29, 1.82) is 0 Å². The Morgan fingerprint density at radius 3 is 2.83 bits per heavy atom. The first kappa shape index (κ1) is 13.1. The van der Waals surface area contributed by atoms with Crippen molar-refractivity contribution in [3.8, 4) is 0 Å². The summed E-state index contributed by atoms with van der Waals surface area (Å²) in [5, 5.41) is 9.12. The normalized spacial score (nSPS) is 22.9. The minimum Gasteiger partial charge on any atom is -0.481 e. The van der Waals surface area contributed by atoms with Gasteiger partial charge in [0.05, 0.1) is 5.92 Å². The molecule has 4 heteroatoms. The van der Waals surface area contributed by atoms with Crippen LogP contribution in [-0.4, -0.2) is 29.1 Å². The van der Waals surface area contributed by atoms with Crippen molar-refractivity contribution < 1.29 is 14.3 Å². The van der Waals surface area contributed by atoms with E-state index in [1.165, 1.54) is 5.56 Å². The molecular formula is C14H21NO3. The second kappa shape index (κ2) is 5.14. The molecule has 1 N–H and O–H groups in total. The van der Waals surface area contributed by atoms with Gasteiger partial charge in [0.2, 0.25) is 0 Å². The van der Waals surface area contributed by atoms with Crippen LogP contribution in [0.5, 0.6) is 0 Å². The summed E-state index contributed by atoms with van der Waals surface area (Å²) in [6.07, 6.45) is 1.75. The summed E-state index contributed by atoms with van der Waals surface area (Å²) in [6, 6.07) is 2.29. The first-order valence-electron chi connectivity index (χ1n) is 6.53. The number of carboxylic acids is 1. The van der Waals surface area contributed by atoms with Crippen molar-refractivity contribution in [2.45, 2.75) is 39.7 Å². The minimum atomic E-state index is -0.674. The number of nitrogens with zero attached hydrogens (tertiary/aromatic N) is 1. The van der Waals surface area contributed by atoms with E-state index in [1.54, 1.807) is 0 Å². The highest BCUT2D eigenvalue weighted by Crippen LogP contribution is 2.30. The summed E-state index contributed by atoms with van der Waals surface area (Å²) in [5.74, 6) is 0.958. The number of carboxylic acid groups (broad SMARTS) is 1. The summed E-state index contributed by atoms with van der Waals surface area (Å²) in [7, 11) is 0. The zero-order valence-corrected chi connectivity index (χ0v) is 11.3. The Morgan fingerprint density at radius 2 is 2.28 bits per heavy atom. The molecule has 2 rings (SSSR count). The van der Waals surface area contributed by atoms with Gasteiger partial charge in [-0.05, 0) is 46.2 Å². The van der Waals surface area contributed by atoms with Gasteiger partial charge in [0, 0.05) is 18.2 Å². The molecule has 4 nitrogen and oxygen atoms in total. The quantitative estimate of drug-likeness (QED) is 0.897. The molecule has 2 atom stereocenters. The van der Waals surface area contributed by atoms with Crippen LogP contribution in [0, 0.1) is 19.8 Å². The van der Waals surface area contributed by atoms with E-state index >= 15 is 0 Å². The lowest BCUT2D eigenvalue weighted by molar-refractivity contribution is -0.143. The van der Waals surface area contributed by atoms with E-state index in [0.29, 0.717) is 6.54 Å². The van der Waals surface area contributed by atoms with Gasteiger partial charge in [0.1, 0.15) is 11.5 Å². The maximum absolute atomic E-state index is 11.1. The predicted octanol–water partition coefficient (Wildman–Crippen LogP) is 2.75. The molecule has 0 radical (unpaired) electrons. The third kappa shape index (κ3) is 2.58. The van der Waals surface area contributed by atoms with E-state index in [0.717, 1.165) is 30.9 Å². The molecule has 2 heterocycles. The first-order chi connectivity index (χ1) is 8.49. The van der Waals surface area contributed by atoms with E-state index in [-0.39, 0.29) is 12.0 Å². The van der Waals surface area contributed by atoms with Crippen molar-refractivity contribution in [3.05, 3.63) is 23.2 Å². The highest BCUT2D eigenvalue weighted by atomic mass is 16.4. The number of hydrogen-bond donors (Lipinski definition) is 1. The molecule has 1 aromatic heterocycles. The molecule has 100 valence electrons. The summed E-state index contributed by atoms with van der Waals surface area (Å²) in [4.78, 5) is 13.3. The molecule has 1 saturated heterocycles. The van der Waals surface area contributed by atoms with E-state index in [4.69, 9.17) is 9.52 Å². The minimum absolute atomic E-state index is 0.226. The molecule has 0 amide bonds. The number of likely N-dealkylation sites (tertiary alicyclic amines) is 1. The van der Waals surface area contributed by atoms with Gasteiger partial charge in [0.15, 0.2) is 0 Å². The Morgan fingerprint density at radius 1 is 1.56 bits per heavy atom. The largest absolute Gasteiger partial charge is 0.481 e. The Labute approximate surface area is 108 Å². The van der Waals surface area contributed by atoms with Gasteiger partial charge in [-0.25, -0.2) is 0 Å². The van der Waals surface area contributed by atoms with Crippen LogP contribution in [0.15, 0.2) is 10.5 Å². The lowest BCUT2D eigenvalue weighted by Crippen LogP contribution is -2.40.